The van der Waals surface area contributed by atoms with Gasteiger partial charge < -0.3 is 20.3 Å². The third-order valence-corrected chi connectivity index (χ3v) is 9.51. The predicted molar refractivity (Wildman–Crippen MR) is 174 cm³/mol. The fraction of sp³-hybridized carbons (Fsp3) is 0.412. The topological polar surface area (TPSA) is 144 Å². The van der Waals surface area contributed by atoms with Gasteiger partial charge in [0.1, 0.15) is 17.2 Å². The lowest BCUT2D eigenvalue weighted by Crippen LogP contribution is -2.47. The summed E-state index contributed by atoms with van der Waals surface area (Å²) < 4.78 is 16.5. The van der Waals surface area contributed by atoms with Gasteiger partial charge in [-0.15, -0.1) is 0 Å². The fourth-order valence-corrected chi connectivity index (χ4v) is 6.87. The van der Waals surface area contributed by atoms with E-state index in [0.717, 1.165) is 56.8 Å². The Morgan fingerprint density at radius 2 is 1.70 bits per heavy atom. The van der Waals surface area contributed by atoms with Gasteiger partial charge in [-0.25, -0.2) is 14.0 Å². The number of benzene rings is 2. The van der Waals surface area contributed by atoms with E-state index in [1.54, 1.807) is 6.07 Å². The van der Waals surface area contributed by atoms with Crippen LogP contribution in [0.25, 0.3) is 10.9 Å². The molecule has 0 spiro atoms. The number of rotatable bonds is 10. The Bertz CT molecular complexity index is 1970. The molecule has 2 aromatic heterocycles. The maximum atomic E-state index is 15.2. The van der Waals surface area contributed by atoms with Crippen molar-refractivity contribution < 1.29 is 14.3 Å². The molecule has 0 unspecified atom stereocenters. The minimum atomic E-state index is -1.29. The van der Waals surface area contributed by atoms with Crippen LogP contribution in [0.4, 0.5) is 21.6 Å². The van der Waals surface area contributed by atoms with Crippen molar-refractivity contribution in [3.05, 3.63) is 95.7 Å². The lowest BCUT2D eigenvalue weighted by Gasteiger charge is -2.36. The first-order chi connectivity index (χ1) is 22.2. The van der Waals surface area contributed by atoms with Gasteiger partial charge in [0.15, 0.2) is 0 Å². The van der Waals surface area contributed by atoms with E-state index in [1.165, 1.54) is 21.8 Å². The smallest absolute Gasteiger partial charge is 0.341 e. The van der Waals surface area contributed by atoms with Crippen molar-refractivity contribution in [3.8, 4) is 0 Å². The summed E-state index contributed by atoms with van der Waals surface area (Å²) >= 11 is 0. The molecule has 240 valence electrons. The number of H-pyrrole nitrogens is 2. The van der Waals surface area contributed by atoms with Gasteiger partial charge in [-0.05, 0) is 86.9 Å². The molecule has 4 N–H and O–H groups in total. The number of aromatic carboxylic acids is 1. The van der Waals surface area contributed by atoms with Crippen molar-refractivity contribution >= 4 is 34.1 Å². The number of hydrogen-bond donors (Lipinski definition) is 4. The van der Waals surface area contributed by atoms with Gasteiger partial charge in [0.05, 0.1) is 11.2 Å². The van der Waals surface area contributed by atoms with Gasteiger partial charge in [0, 0.05) is 61.5 Å². The number of carbonyl (C=O) groups is 1. The molecule has 12 heteroatoms. The van der Waals surface area contributed by atoms with E-state index in [9.17, 15) is 24.3 Å². The Hall–Kier alpha value is -4.71. The normalized spacial score (nSPS) is 16.6. The maximum Gasteiger partial charge on any atom is 0.341 e. The number of carboxylic acid groups (broad SMARTS) is 1. The molecular weight excluding hydrogens is 591 g/mol. The van der Waals surface area contributed by atoms with Crippen LogP contribution in [-0.4, -0.2) is 63.2 Å². The van der Waals surface area contributed by atoms with Crippen LogP contribution < -0.4 is 26.9 Å². The Balaban J connectivity index is 0.930. The van der Waals surface area contributed by atoms with E-state index in [4.69, 9.17) is 0 Å². The number of carboxylic acids is 1. The molecule has 3 heterocycles. The lowest BCUT2D eigenvalue weighted by molar-refractivity contribution is 0.0694. The second-order valence-electron chi connectivity index (χ2n) is 12.6. The monoisotopic (exact) mass is 628 g/mol. The highest BCUT2D eigenvalue weighted by Gasteiger charge is 2.32. The number of pyridine rings is 1. The molecule has 0 radical (unpaired) electrons. The Morgan fingerprint density at radius 1 is 0.935 bits per heavy atom. The average molecular weight is 629 g/mol. The quantitative estimate of drug-likeness (QED) is 0.194. The Morgan fingerprint density at radius 3 is 2.43 bits per heavy atom. The largest absolute Gasteiger partial charge is 0.477 e. The van der Waals surface area contributed by atoms with Crippen LogP contribution >= 0.6 is 0 Å². The Kier molecular flexibility index (Phi) is 7.97. The molecule has 2 fully saturated rings. The number of anilines is 3. The molecule has 0 amide bonds. The standard InChI is InChI=1S/C34H37FN6O5/c35-25-17-24-26(37-31(21-6-7-21)30(32(24)43)33(44)45)18-27(25)40-14-12-39(13-15-40)10-1-2-11-41-29(42)19-28(38-34(41)46)36-23-9-8-20-4-3-5-22(20)16-23/h8-9,16-19,21,36H,1-7,10-15H2,(H,37,43)(H,38,46)(H,44,45). The summed E-state index contributed by atoms with van der Waals surface area (Å²) in [4.78, 5) is 60.3. The van der Waals surface area contributed by atoms with Gasteiger partial charge in [0.2, 0.25) is 5.43 Å². The number of aromatic nitrogens is 3. The number of nitrogens with zero attached hydrogens (tertiary/aromatic N) is 3. The highest BCUT2D eigenvalue weighted by Crippen LogP contribution is 2.41. The fourth-order valence-electron chi connectivity index (χ4n) is 6.87. The molecule has 0 atom stereocenters. The minimum Gasteiger partial charge on any atom is -0.477 e. The Labute approximate surface area is 263 Å². The zero-order valence-corrected chi connectivity index (χ0v) is 25.5. The van der Waals surface area contributed by atoms with E-state index in [1.807, 2.05) is 11.0 Å². The number of fused-ring (bicyclic) bond motifs is 2. The van der Waals surface area contributed by atoms with Crippen molar-refractivity contribution in [2.45, 2.75) is 57.4 Å². The third kappa shape index (κ3) is 5.96. The summed E-state index contributed by atoms with van der Waals surface area (Å²) in [6.07, 6.45) is 6.39. The van der Waals surface area contributed by atoms with Crippen molar-refractivity contribution in [1.29, 1.82) is 0 Å². The first-order valence-electron chi connectivity index (χ1n) is 16.1. The number of piperazine rings is 1. The summed E-state index contributed by atoms with van der Waals surface area (Å²) in [5.74, 6) is -1.44. The van der Waals surface area contributed by atoms with Crippen molar-refractivity contribution in [1.82, 2.24) is 19.4 Å². The highest BCUT2D eigenvalue weighted by molar-refractivity contribution is 5.95. The molecule has 4 aromatic rings. The number of hydrogen-bond acceptors (Lipinski definition) is 7. The van der Waals surface area contributed by atoms with E-state index in [0.29, 0.717) is 61.9 Å². The second-order valence-corrected chi connectivity index (χ2v) is 12.6. The molecule has 2 aliphatic carbocycles. The van der Waals surface area contributed by atoms with Crippen molar-refractivity contribution in [3.63, 3.8) is 0 Å². The minimum absolute atomic E-state index is 0.0220. The maximum absolute atomic E-state index is 15.2. The average Bonchev–Trinajstić information content (AvgIpc) is 3.77. The molecule has 0 bridgehead atoms. The van der Waals surface area contributed by atoms with Crippen LogP contribution in [0.15, 0.2) is 50.8 Å². The predicted octanol–water partition coefficient (Wildman–Crippen LogP) is 3.93. The SMILES string of the molecule is O=C(O)c1c(C2CC2)[nH]c2cc(N3CCN(CCCCn4c(=O)cc(Nc5ccc6c(c5)CCC6)[nH]c4=O)CC3)c(F)cc2c1=O. The van der Waals surface area contributed by atoms with Crippen LogP contribution in [-0.2, 0) is 19.4 Å². The van der Waals surface area contributed by atoms with E-state index in [2.05, 4.69) is 32.3 Å². The molecule has 3 aliphatic rings. The van der Waals surface area contributed by atoms with Crippen LogP contribution in [0.2, 0.25) is 0 Å². The van der Waals surface area contributed by atoms with E-state index < -0.39 is 22.9 Å². The number of halogens is 1. The second kappa shape index (κ2) is 12.2. The van der Waals surface area contributed by atoms with Crippen LogP contribution in [0.3, 0.4) is 0 Å². The van der Waals surface area contributed by atoms with Crippen molar-refractivity contribution in [2.24, 2.45) is 0 Å². The number of unbranched alkanes of at least 4 members (excludes halogenated alkanes) is 1. The number of aromatic amines is 2. The van der Waals surface area contributed by atoms with Crippen LogP contribution in [0.5, 0.6) is 0 Å². The summed E-state index contributed by atoms with van der Waals surface area (Å²) in [6, 6.07) is 10.3. The molecule has 1 aliphatic heterocycles. The number of nitrogens with one attached hydrogen (secondary N) is 3. The molecule has 2 aromatic carbocycles. The zero-order chi connectivity index (χ0) is 31.9. The molecule has 1 saturated carbocycles. The van der Waals surface area contributed by atoms with Gasteiger partial charge in [-0.3, -0.25) is 24.0 Å². The zero-order valence-electron chi connectivity index (χ0n) is 25.5. The highest BCUT2D eigenvalue weighted by atomic mass is 19.1. The summed E-state index contributed by atoms with van der Waals surface area (Å²) in [6.45, 7) is 3.71. The third-order valence-electron chi connectivity index (χ3n) is 9.51. The van der Waals surface area contributed by atoms with Crippen molar-refractivity contribution in [2.75, 3.05) is 42.9 Å². The van der Waals surface area contributed by atoms with Gasteiger partial charge in [-0.1, -0.05) is 6.07 Å². The van der Waals surface area contributed by atoms with Crippen LogP contribution in [0.1, 0.15) is 65.2 Å². The molecule has 11 nitrogen and oxygen atoms in total. The first kappa shape index (κ1) is 30.0. The summed E-state index contributed by atoms with van der Waals surface area (Å²) in [5, 5.41) is 12.8. The summed E-state index contributed by atoms with van der Waals surface area (Å²) in [7, 11) is 0. The first-order valence-corrected chi connectivity index (χ1v) is 16.1. The number of aryl methyl sites for hydroxylation is 2. The van der Waals surface area contributed by atoms with Gasteiger partial charge in [0.25, 0.3) is 5.56 Å². The summed E-state index contributed by atoms with van der Waals surface area (Å²) in [5.41, 5.74) is 3.07. The lowest BCUT2D eigenvalue weighted by atomic mass is 10.0. The molecule has 46 heavy (non-hydrogen) atoms. The van der Waals surface area contributed by atoms with Gasteiger partial charge >= 0.3 is 11.7 Å². The van der Waals surface area contributed by atoms with Gasteiger partial charge in [-0.2, -0.15) is 0 Å². The molecule has 1 saturated heterocycles. The van der Waals surface area contributed by atoms with E-state index in [-0.39, 0.29) is 22.4 Å². The molecule has 7 rings (SSSR count). The van der Waals surface area contributed by atoms with Crippen LogP contribution in [0, 0.1) is 5.82 Å². The van der Waals surface area contributed by atoms with E-state index >= 15 is 4.39 Å². The molecular formula is C34H37FN6O5.